The second kappa shape index (κ2) is 3.84. The van der Waals surface area contributed by atoms with Crippen LogP contribution >= 0.6 is 11.6 Å². The highest BCUT2D eigenvalue weighted by atomic mass is 35.5. The molecule has 82 valence electrons. The second-order valence-electron chi connectivity index (χ2n) is 3.12. The minimum absolute atomic E-state index is 0.00626. The van der Waals surface area contributed by atoms with Gasteiger partial charge >= 0.3 is 0 Å². The van der Waals surface area contributed by atoms with Gasteiger partial charge in [0.15, 0.2) is 17.3 Å². The van der Waals surface area contributed by atoms with Crippen LogP contribution in [0.1, 0.15) is 11.6 Å². The first-order chi connectivity index (χ1) is 7.15. The minimum Gasteiger partial charge on any atom is -0.454 e. The van der Waals surface area contributed by atoms with Crippen LogP contribution in [0.15, 0.2) is 6.07 Å². The van der Waals surface area contributed by atoms with Crippen LogP contribution in [0.2, 0.25) is 5.02 Å². The number of hydrogen-bond acceptors (Lipinski definition) is 4. The molecule has 1 atom stereocenters. The van der Waals surface area contributed by atoms with Gasteiger partial charge in [-0.1, -0.05) is 11.6 Å². The molecule has 0 amide bonds. The van der Waals surface area contributed by atoms with Crippen molar-refractivity contribution in [1.29, 1.82) is 0 Å². The first-order valence-electron chi connectivity index (χ1n) is 4.29. The van der Waals surface area contributed by atoms with E-state index >= 15 is 0 Å². The molecule has 0 spiro atoms. The van der Waals surface area contributed by atoms with Crippen LogP contribution in [0, 0.1) is 5.82 Å². The fourth-order valence-corrected chi connectivity index (χ4v) is 1.62. The molecule has 0 saturated carbocycles. The van der Waals surface area contributed by atoms with Gasteiger partial charge in [0.05, 0.1) is 12.6 Å². The van der Waals surface area contributed by atoms with Crippen LogP contribution in [-0.2, 0) is 0 Å². The van der Waals surface area contributed by atoms with Gasteiger partial charge in [0.25, 0.3) is 0 Å². The van der Waals surface area contributed by atoms with Gasteiger partial charge in [0.1, 0.15) is 5.02 Å². The molecule has 1 aliphatic heterocycles. The van der Waals surface area contributed by atoms with Gasteiger partial charge in [0.2, 0.25) is 6.79 Å². The van der Waals surface area contributed by atoms with E-state index < -0.39 is 11.9 Å². The van der Waals surface area contributed by atoms with E-state index in [0.29, 0.717) is 5.75 Å². The lowest BCUT2D eigenvalue weighted by Crippen LogP contribution is -2.16. The standard InChI is InChI=1S/C9H9ClFNO3/c10-7-8(11)4(5(12)2-13)1-6-9(7)15-3-14-6/h1,5,13H,2-3,12H2. The molecule has 1 aromatic rings. The average molecular weight is 234 g/mol. The van der Waals surface area contributed by atoms with Gasteiger partial charge in [0, 0.05) is 5.56 Å². The molecule has 15 heavy (non-hydrogen) atoms. The van der Waals surface area contributed by atoms with Crippen LogP contribution in [0.25, 0.3) is 0 Å². The van der Waals surface area contributed by atoms with Crippen LogP contribution in [-0.4, -0.2) is 18.5 Å². The van der Waals surface area contributed by atoms with Crippen molar-refractivity contribution in [3.8, 4) is 11.5 Å². The van der Waals surface area contributed by atoms with E-state index in [-0.39, 0.29) is 29.7 Å². The van der Waals surface area contributed by atoms with Crippen LogP contribution < -0.4 is 15.2 Å². The second-order valence-corrected chi connectivity index (χ2v) is 3.49. The Kier molecular flexibility index (Phi) is 2.68. The Labute approximate surface area is 90.4 Å². The monoisotopic (exact) mass is 233 g/mol. The molecule has 1 heterocycles. The van der Waals surface area contributed by atoms with E-state index in [1.165, 1.54) is 6.07 Å². The number of aliphatic hydroxyl groups excluding tert-OH is 1. The SMILES string of the molecule is NC(CO)c1cc2c(c(Cl)c1F)OCO2. The predicted molar refractivity (Wildman–Crippen MR) is 51.5 cm³/mol. The zero-order valence-electron chi connectivity index (χ0n) is 7.67. The first kappa shape index (κ1) is 10.5. The van der Waals surface area contributed by atoms with Gasteiger partial charge in [-0.05, 0) is 6.07 Å². The highest BCUT2D eigenvalue weighted by Gasteiger charge is 2.25. The van der Waals surface area contributed by atoms with E-state index in [4.69, 9.17) is 31.9 Å². The quantitative estimate of drug-likeness (QED) is 0.806. The third-order valence-corrected chi connectivity index (χ3v) is 2.51. The topological polar surface area (TPSA) is 64.7 Å². The molecule has 0 radical (unpaired) electrons. The van der Waals surface area contributed by atoms with Crippen LogP contribution in [0.3, 0.4) is 0 Å². The van der Waals surface area contributed by atoms with Gasteiger partial charge in [-0.3, -0.25) is 0 Å². The zero-order valence-corrected chi connectivity index (χ0v) is 8.42. The fraction of sp³-hybridized carbons (Fsp3) is 0.333. The Bertz CT molecular complexity index is 399. The molecule has 0 fully saturated rings. The molecule has 0 saturated heterocycles. The number of ether oxygens (including phenoxy) is 2. The summed E-state index contributed by atoms with van der Waals surface area (Å²) in [4.78, 5) is 0. The molecule has 0 bridgehead atoms. The molecule has 4 nitrogen and oxygen atoms in total. The van der Waals surface area contributed by atoms with E-state index in [1.807, 2.05) is 0 Å². The zero-order chi connectivity index (χ0) is 11.0. The fourth-order valence-electron chi connectivity index (χ4n) is 1.37. The minimum atomic E-state index is -0.822. The van der Waals surface area contributed by atoms with Crippen molar-refractivity contribution < 1.29 is 19.0 Å². The number of aliphatic hydroxyl groups is 1. The number of benzene rings is 1. The Hall–Kier alpha value is -1.04. The summed E-state index contributed by atoms with van der Waals surface area (Å²) in [6.07, 6.45) is 0. The Morgan fingerprint density at radius 2 is 2.33 bits per heavy atom. The average Bonchev–Trinajstić information content (AvgIpc) is 2.70. The summed E-state index contributed by atoms with van der Waals surface area (Å²) in [5.74, 6) is -0.147. The lowest BCUT2D eigenvalue weighted by Gasteiger charge is -2.12. The maximum absolute atomic E-state index is 13.6. The Morgan fingerprint density at radius 3 is 3.00 bits per heavy atom. The lowest BCUT2D eigenvalue weighted by atomic mass is 10.1. The largest absolute Gasteiger partial charge is 0.454 e. The molecule has 6 heteroatoms. The number of fused-ring (bicyclic) bond motifs is 1. The summed E-state index contributed by atoms with van der Waals surface area (Å²) in [5.41, 5.74) is 5.63. The van der Waals surface area contributed by atoms with Crippen molar-refractivity contribution in [1.82, 2.24) is 0 Å². The molecule has 0 aliphatic carbocycles. The van der Waals surface area contributed by atoms with Crippen molar-refractivity contribution in [3.05, 3.63) is 22.5 Å². The van der Waals surface area contributed by atoms with Gasteiger partial charge < -0.3 is 20.3 Å². The van der Waals surface area contributed by atoms with Gasteiger partial charge in [-0.15, -0.1) is 0 Å². The summed E-state index contributed by atoms with van der Waals surface area (Å²) >= 11 is 5.73. The summed E-state index contributed by atoms with van der Waals surface area (Å²) in [5, 5.41) is 8.68. The normalized spacial score (nSPS) is 15.5. The van der Waals surface area contributed by atoms with Crippen molar-refractivity contribution in [2.24, 2.45) is 5.73 Å². The summed E-state index contributed by atoms with van der Waals surface area (Å²) in [6.45, 7) is -0.362. The van der Waals surface area contributed by atoms with Crippen molar-refractivity contribution in [3.63, 3.8) is 0 Å². The van der Waals surface area contributed by atoms with Crippen LogP contribution in [0.4, 0.5) is 4.39 Å². The highest BCUT2D eigenvalue weighted by molar-refractivity contribution is 6.32. The molecule has 1 aliphatic rings. The Balaban J connectivity index is 2.54. The molecular weight excluding hydrogens is 225 g/mol. The van der Waals surface area contributed by atoms with E-state index in [2.05, 4.69) is 0 Å². The van der Waals surface area contributed by atoms with Crippen molar-refractivity contribution in [2.75, 3.05) is 13.4 Å². The Morgan fingerprint density at radius 1 is 1.60 bits per heavy atom. The maximum atomic E-state index is 13.6. The van der Waals surface area contributed by atoms with Crippen molar-refractivity contribution in [2.45, 2.75) is 6.04 Å². The smallest absolute Gasteiger partial charge is 0.231 e. The van der Waals surface area contributed by atoms with Crippen LogP contribution in [0.5, 0.6) is 11.5 Å². The van der Waals surface area contributed by atoms with Gasteiger partial charge in [-0.2, -0.15) is 0 Å². The molecule has 3 N–H and O–H groups in total. The number of nitrogens with two attached hydrogens (primary N) is 1. The number of halogens is 2. The molecule has 1 unspecified atom stereocenters. The summed E-state index contributed by atoms with van der Waals surface area (Å²) in [7, 11) is 0. The first-order valence-corrected chi connectivity index (χ1v) is 4.67. The summed E-state index contributed by atoms with van der Waals surface area (Å²) in [6, 6.07) is 0.571. The third kappa shape index (κ3) is 1.62. The molecular formula is C9H9ClFNO3. The highest BCUT2D eigenvalue weighted by Crippen LogP contribution is 2.42. The lowest BCUT2D eigenvalue weighted by molar-refractivity contribution is 0.174. The molecule has 2 rings (SSSR count). The number of rotatable bonds is 2. The number of hydrogen-bond donors (Lipinski definition) is 2. The maximum Gasteiger partial charge on any atom is 0.231 e. The van der Waals surface area contributed by atoms with Crippen molar-refractivity contribution >= 4 is 11.6 Å². The van der Waals surface area contributed by atoms with E-state index in [0.717, 1.165) is 0 Å². The third-order valence-electron chi connectivity index (χ3n) is 2.17. The molecule has 1 aromatic carbocycles. The summed E-state index contributed by atoms with van der Waals surface area (Å²) < 4.78 is 23.7. The molecule has 0 aromatic heterocycles. The van der Waals surface area contributed by atoms with E-state index in [9.17, 15) is 4.39 Å². The predicted octanol–water partition coefficient (Wildman–Crippen LogP) is 1.20. The van der Waals surface area contributed by atoms with Gasteiger partial charge in [-0.25, -0.2) is 4.39 Å². The van der Waals surface area contributed by atoms with E-state index in [1.54, 1.807) is 0 Å².